The number of benzene rings is 2. The van der Waals surface area contributed by atoms with Crippen LogP contribution in [0.25, 0.3) is 10.8 Å². The van der Waals surface area contributed by atoms with Crippen molar-refractivity contribution in [3.8, 4) is 0 Å². The van der Waals surface area contributed by atoms with Crippen LogP contribution >= 0.6 is 15.9 Å². The van der Waals surface area contributed by atoms with Gasteiger partial charge >= 0.3 is 0 Å². The van der Waals surface area contributed by atoms with Gasteiger partial charge in [-0.25, -0.2) is 0 Å². The topological polar surface area (TPSA) is 38.0 Å². The minimum atomic E-state index is 0.274. The fraction of sp³-hybridized carbons (Fsp3) is 0.444. The Bertz CT molecular complexity index is 603. The molecule has 112 valence electrons. The fourth-order valence-electron chi connectivity index (χ4n) is 3.58. The number of fused-ring (bicyclic) bond motifs is 1. The van der Waals surface area contributed by atoms with Gasteiger partial charge in [-0.15, -0.1) is 0 Å². The zero-order valence-corrected chi connectivity index (χ0v) is 13.9. The third-order valence-electron chi connectivity index (χ3n) is 4.74. The quantitative estimate of drug-likeness (QED) is 0.462. The number of nitrogens with two attached hydrogens (primary N) is 1. The standard InChI is InChI=1S/C18H23BrN2/c19-17-10-9-14-11-16(8-7-15(14)12-17)18(21-20)13-5-3-1-2-4-6-13/h7-13,18,21H,1-6,20H2. The van der Waals surface area contributed by atoms with E-state index in [1.165, 1.54) is 54.9 Å². The maximum Gasteiger partial charge on any atom is 0.0488 e. The molecule has 0 aliphatic heterocycles. The van der Waals surface area contributed by atoms with Crippen molar-refractivity contribution in [2.75, 3.05) is 0 Å². The van der Waals surface area contributed by atoms with Gasteiger partial charge in [0.05, 0.1) is 0 Å². The highest BCUT2D eigenvalue weighted by Crippen LogP contribution is 2.34. The highest BCUT2D eigenvalue weighted by molar-refractivity contribution is 9.10. The van der Waals surface area contributed by atoms with Crippen molar-refractivity contribution in [1.82, 2.24) is 5.43 Å². The summed E-state index contributed by atoms with van der Waals surface area (Å²) in [5.41, 5.74) is 4.40. The van der Waals surface area contributed by atoms with Gasteiger partial charge in [0.2, 0.25) is 0 Å². The van der Waals surface area contributed by atoms with E-state index in [0.717, 1.165) is 4.47 Å². The van der Waals surface area contributed by atoms with Crippen LogP contribution in [0.5, 0.6) is 0 Å². The molecule has 1 unspecified atom stereocenters. The molecular weight excluding hydrogens is 324 g/mol. The molecule has 1 atom stereocenters. The maximum absolute atomic E-state index is 5.90. The molecule has 0 amide bonds. The lowest BCUT2D eigenvalue weighted by atomic mass is 9.87. The zero-order valence-electron chi connectivity index (χ0n) is 12.3. The molecule has 21 heavy (non-hydrogen) atoms. The average Bonchev–Trinajstić information content (AvgIpc) is 2.77. The summed E-state index contributed by atoms with van der Waals surface area (Å²) in [5.74, 6) is 6.56. The van der Waals surface area contributed by atoms with E-state index in [4.69, 9.17) is 5.84 Å². The smallest absolute Gasteiger partial charge is 0.0488 e. The van der Waals surface area contributed by atoms with E-state index < -0.39 is 0 Å². The number of hydrogen-bond donors (Lipinski definition) is 2. The van der Waals surface area contributed by atoms with Crippen LogP contribution in [0.1, 0.15) is 50.1 Å². The lowest BCUT2D eigenvalue weighted by Crippen LogP contribution is -2.33. The maximum atomic E-state index is 5.90. The molecule has 2 nitrogen and oxygen atoms in total. The molecule has 3 rings (SSSR count). The van der Waals surface area contributed by atoms with Crippen molar-refractivity contribution in [2.45, 2.75) is 44.6 Å². The van der Waals surface area contributed by atoms with Gasteiger partial charge in [0.1, 0.15) is 0 Å². The van der Waals surface area contributed by atoms with Crippen LogP contribution in [-0.2, 0) is 0 Å². The van der Waals surface area contributed by atoms with Crippen LogP contribution in [-0.4, -0.2) is 0 Å². The molecule has 3 N–H and O–H groups in total. The second kappa shape index (κ2) is 6.91. The summed E-state index contributed by atoms with van der Waals surface area (Å²) >= 11 is 3.53. The largest absolute Gasteiger partial charge is 0.271 e. The summed E-state index contributed by atoms with van der Waals surface area (Å²) in [6, 6.07) is 13.4. The molecule has 0 spiro atoms. The molecule has 1 aliphatic rings. The number of halogens is 1. The Labute approximate surface area is 135 Å². The Morgan fingerprint density at radius 3 is 2.33 bits per heavy atom. The van der Waals surface area contributed by atoms with Gasteiger partial charge in [-0.1, -0.05) is 59.8 Å². The van der Waals surface area contributed by atoms with Gasteiger partial charge in [-0.05, 0) is 53.3 Å². The summed E-state index contributed by atoms with van der Waals surface area (Å²) < 4.78 is 1.13. The predicted octanol–water partition coefficient (Wildman–Crippen LogP) is 5.08. The molecule has 0 bridgehead atoms. The van der Waals surface area contributed by atoms with E-state index in [2.05, 4.69) is 57.8 Å². The fourth-order valence-corrected chi connectivity index (χ4v) is 3.96. The minimum absolute atomic E-state index is 0.274. The summed E-state index contributed by atoms with van der Waals surface area (Å²) in [4.78, 5) is 0. The third kappa shape index (κ3) is 3.47. The van der Waals surface area contributed by atoms with Crippen LogP contribution in [0.15, 0.2) is 40.9 Å². The van der Waals surface area contributed by atoms with Crippen LogP contribution in [0.2, 0.25) is 0 Å². The van der Waals surface area contributed by atoms with Crippen molar-refractivity contribution in [3.63, 3.8) is 0 Å². The SMILES string of the molecule is NNC(c1ccc2cc(Br)ccc2c1)C1CCCCCC1. The molecule has 1 saturated carbocycles. The molecule has 0 aromatic heterocycles. The Morgan fingerprint density at radius 1 is 0.952 bits per heavy atom. The van der Waals surface area contributed by atoms with E-state index in [9.17, 15) is 0 Å². The Morgan fingerprint density at radius 2 is 1.62 bits per heavy atom. The summed E-state index contributed by atoms with van der Waals surface area (Å²) in [5, 5.41) is 2.55. The zero-order chi connectivity index (χ0) is 14.7. The normalized spacial score (nSPS) is 18.6. The molecular formula is C18H23BrN2. The van der Waals surface area contributed by atoms with Crippen LogP contribution in [0.3, 0.4) is 0 Å². The lowest BCUT2D eigenvalue weighted by molar-refractivity contribution is 0.329. The first-order valence-electron chi connectivity index (χ1n) is 7.93. The highest BCUT2D eigenvalue weighted by atomic mass is 79.9. The number of hydrazine groups is 1. The van der Waals surface area contributed by atoms with E-state index >= 15 is 0 Å². The second-order valence-electron chi connectivity index (χ2n) is 6.15. The molecule has 0 radical (unpaired) electrons. The second-order valence-corrected chi connectivity index (χ2v) is 7.06. The van der Waals surface area contributed by atoms with Gasteiger partial charge < -0.3 is 0 Å². The summed E-state index contributed by atoms with van der Waals surface area (Å²) in [7, 11) is 0. The molecule has 3 heteroatoms. The van der Waals surface area contributed by atoms with E-state index in [0.29, 0.717) is 5.92 Å². The molecule has 0 saturated heterocycles. The van der Waals surface area contributed by atoms with Gasteiger partial charge in [0, 0.05) is 10.5 Å². The van der Waals surface area contributed by atoms with E-state index in [1.807, 2.05) is 0 Å². The molecule has 1 aliphatic carbocycles. The van der Waals surface area contributed by atoms with Crippen molar-refractivity contribution < 1.29 is 0 Å². The van der Waals surface area contributed by atoms with Gasteiger partial charge in [-0.2, -0.15) is 0 Å². The van der Waals surface area contributed by atoms with E-state index in [-0.39, 0.29) is 6.04 Å². The molecule has 0 heterocycles. The molecule has 1 fully saturated rings. The first-order valence-corrected chi connectivity index (χ1v) is 8.72. The number of rotatable bonds is 3. The monoisotopic (exact) mass is 346 g/mol. The van der Waals surface area contributed by atoms with Crippen molar-refractivity contribution in [3.05, 3.63) is 46.4 Å². The first kappa shape index (κ1) is 15.0. The van der Waals surface area contributed by atoms with Gasteiger partial charge in [0.25, 0.3) is 0 Å². The van der Waals surface area contributed by atoms with Crippen LogP contribution < -0.4 is 11.3 Å². The van der Waals surface area contributed by atoms with E-state index in [1.54, 1.807) is 0 Å². The molecule has 2 aromatic rings. The Hall–Kier alpha value is -0.900. The summed E-state index contributed by atoms with van der Waals surface area (Å²) in [6.07, 6.45) is 7.99. The van der Waals surface area contributed by atoms with Crippen LogP contribution in [0, 0.1) is 5.92 Å². The van der Waals surface area contributed by atoms with Gasteiger partial charge in [-0.3, -0.25) is 11.3 Å². The Kier molecular flexibility index (Phi) is 4.94. The number of hydrogen-bond acceptors (Lipinski definition) is 2. The predicted molar refractivity (Wildman–Crippen MR) is 92.9 cm³/mol. The minimum Gasteiger partial charge on any atom is -0.271 e. The molecule has 2 aromatic carbocycles. The average molecular weight is 347 g/mol. The van der Waals surface area contributed by atoms with Crippen molar-refractivity contribution in [2.24, 2.45) is 11.8 Å². The third-order valence-corrected chi connectivity index (χ3v) is 5.23. The van der Waals surface area contributed by atoms with Crippen LogP contribution in [0.4, 0.5) is 0 Å². The Balaban J connectivity index is 1.90. The number of nitrogens with one attached hydrogen (secondary N) is 1. The summed E-state index contributed by atoms with van der Waals surface area (Å²) in [6.45, 7) is 0. The lowest BCUT2D eigenvalue weighted by Gasteiger charge is -2.26. The van der Waals surface area contributed by atoms with Crippen molar-refractivity contribution in [1.29, 1.82) is 0 Å². The van der Waals surface area contributed by atoms with Gasteiger partial charge in [0.15, 0.2) is 0 Å². The van der Waals surface area contributed by atoms with Crippen molar-refractivity contribution >= 4 is 26.7 Å². The highest BCUT2D eigenvalue weighted by Gasteiger charge is 2.23. The first-order chi connectivity index (χ1) is 10.3.